The number of hydrogen-bond donors (Lipinski definition) is 0. The lowest BCUT2D eigenvalue weighted by Gasteiger charge is -2.28. The molecule has 1 fully saturated rings. The van der Waals surface area contributed by atoms with E-state index in [2.05, 4.69) is 4.98 Å². The minimum Gasteiger partial charge on any atom is -0.276 e. The lowest BCUT2D eigenvalue weighted by molar-refractivity contribution is -0.150. The summed E-state index contributed by atoms with van der Waals surface area (Å²) < 4.78 is 0. The lowest BCUT2D eigenvalue weighted by Crippen LogP contribution is -2.42. The quantitative estimate of drug-likeness (QED) is 0.620. The average Bonchev–Trinajstić information content (AvgIpc) is 2.28. The third kappa shape index (κ3) is 2.82. The first-order chi connectivity index (χ1) is 8.47. The van der Waals surface area contributed by atoms with Crippen LogP contribution in [0.5, 0.6) is 0 Å². The van der Waals surface area contributed by atoms with Crippen molar-refractivity contribution in [3.8, 4) is 0 Å². The molecule has 4 nitrogen and oxygen atoms in total. The highest BCUT2D eigenvalue weighted by atomic mass is 35.5. The maximum Gasteiger partial charge on any atom is 0.229 e. The Balaban J connectivity index is 2.20. The second-order valence-electron chi connectivity index (χ2n) is 4.45. The molecule has 1 saturated heterocycles. The number of amides is 2. The van der Waals surface area contributed by atoms with Crippen LogP contribution in [0.4, 0.5) is 0 Å². The zero-order valence-corrected chi connectivity index (χ0v) is 11.3. The Hall–Kier alpha value is -1.13. The molecule has 2 rings (SSSR count). The summed E-state index contributed by atoms with van der Waals surface area (Å²) >= 11 is 11.7. The molecule has 0 aliphatic carbocycles. The number of pyridine rings is 1. The first-order valence-electron chi connectivity index (χ1n) is 5.61. The maximum absolute atomic E-state index is 11.8. The van der Waals surface area contributed by atoms with Gasteiger partial charge in [-0.2, -0.15) is 0 Å². The molecular formula is C12H12Cl2N2O2. The van der Waals surface area contributed by atoms with Crippen molar-refractivity contribution in [3.63, 3.8) is 0 Å². The van der Waals surface area contributed by atoms with Crippen LogP contribution in [-0.4, -0.2) is 21.7 Å². The number of halogens is 2. The number of aromatic nitrogens is 1. The van der Waals surface area contributed by atoms with E-state index in [1.54, 1.807) is 12.1 Å². The van der Waals surface area contributed by atoms with Crippen LogP contribution in [0.3, 0.4) is 0 Å². The SMILES string of the molecule is CC1CC(=O)N(Cc2nc(Cl)ccc2Cl)C(=O)C1. The molecule has 0 radical (unpaired) electrons. The van der Waals surface area contributed by atoms with Crippen molar-refractivity contribution in [3.05, 3.63) is 28.0 Å². The van der Waals surface area contributed by atoms with Gasteiger partial charge in [0.1, 0.15) is 5.15 Å². The summed E-state index contributed by atoms with van der Waals surface area (Å²) in [5.41, 5.74) is 0.445. The molecule has 0 saturated carbocycles. The van der Waals surface area contributed by atoms with Crippen molar-refractivity contribution in [1.29, 1.82) is 0 Å². The summed E-state index contributed by atoms with van der Waals surface area (Å²) in [5.74, 6) is -0.266. The number of carbonyl (C=O) groups is 2. The summed E-state index contributed by atoms with van der Waals surface area (Å²) in [6, 6.07) is 3.17. The Morgan fingerprint density at radius 3 is 2.50 bits per heavy atom. The van der Waals surface area contributed by atoms with E-state index in [1.807, 2.05) is 6.92 Å². The number of carbonyl (C=O) groups excluding carboxylic acids is 2. The van der Waals surface area contributed by atoms with Gasteiger partial charge in [0.05, 0.1) is 17.3 Å². The molecular weight excluding hydrogens is 275 g/mol. The van der Waals surface area contributed by atoms with E-state index in [9.17, 15) is 9.59 Å². The molecule has 2 heterocycles. The molecule has 6 heteroatoms. The van der Waals surface area contributed by atoms with Gasteiger partial charge in [-0.3, -0.25) is 14.5 Å². The second-order valence-corrected chi connectivity index (χ2v) is 5.24. The fourth-order valence-corrected chi connectivity index (χ4v) is 2.25. The number of hydrogen-bond acceptors (Lipinski definition) is 3. The molecule has 1 aliphatic rings. The van der Waals surface area contributed by atoms with Gasteiger partial charge in [0.2, 0.25) is 11.8 Å². The third-order valence-electron chi connectivity index (χ3n) is 2.84. The van der Waals surface area contributed by atoms with Gasteiger partial charge in [-0.05, 0) is 18.1 Å². The second kappa shape index (κ2) is 5.24. The average molecular weight is 287 g/mol. The van der Waals surface area contributed by atoms with Gasteiger partial charge in [-0.1, -0.05) is 30.1 Å². The van der Waals surface area contributed by atoms with Crippen molar-refractivity contribution in [2.45, 2.75) is 26.3 Å². The highest BCUT2D eigenvalue weighted by Crippen LogP contribution is 2.23. The van der Waals surface area contributed by atoms with Crippen molar-refractivity contribution in [2.24, 2.45) is 5.92 Å². The topological polar surface area (TPSA) is 50.3 Å². The van der Waals surface area contributed by atoms with E-state index < -0.39 is 0 Å². The molecule has 1 aromatic rings. The molecule has 1 aliphatic heterocycles. The predicted molar refractivity (Wildman–Crippen MR) is 68.2 cm³/mol. The van der Waals surface area contributed by atoms with Gasteiger partial charge in [-0.25, -0.2) is 4.98 Å². The van der Waals surface area contributed by atoms with Crippen molar-refractivity contribution in [2.75, 3.05) is 0 Å². The highest BCUT2D eigenvalue weighted by Gasteiger charge is 2.30. The molecule has 0 N–H and O–H groups in total. The standard InChI is InChI=1S/C12H12Cl2N2O2/c1-7-4-11(17)16(12(18)5-7)6-9-8(13)2-3-10(14)15-9/h2-3,7H,4-6H2,1H3. The summed E-state index contributed by atoms with van der Waals surface area (Å²) in [4.78, 5) is 28.9. The molecule has 2 amide bonds. The number of nitrogens with zero attached hydrogens (tertiary/aromatic N) is 2. The molecule has 0 aromatic carbocycles. The Morgan fingerprint density at radius 2 is 1.89 bits per heavy atom. The normalized spacial score (nSPS) is 17.4. The van der Waals surface area contributed by atoms with Crippen molar-refractivity contribution >= 4 is 35.0 Å². The number of piperidine rings is 1. The highest BCUT2D eigenvalue weighted by molar-refractivity contribution is 6.32. The smallest absolute Gasteiger partial charge is 0.229 e. The monoisotopic (exact) mass is 286 g/mol. The van der Waals surface area contributed by atoms with E-state index in [-0.39, 0.29) is 24.3 Å². The van der Waals surface area contributed by atoms with Crippen LogP contribution in [0.1, 0.15) is 25.5 Å². The van der Waals surface area contributed by atoms with Crippen LogP contribution in [0.15, 0.2) is 12.1 Å². The number of imide groups is 1. The van der Waals surface area contributed by atoms with E-state index in [0.717, 1.165) is 0 Å². The Labute approximate surface area is 115 Å². The van der Waals surface area contributed by atoms with E-state index in [4.69, 9.17) is 23.2 Å². The zero-order chi connectivity index (χ0) is 13.3. The van der Waals surface area contributed by atoms with E-state index in [1.165, 1.54) is 4.90 Å². The van der Waals surface area contributed by atoms with Crippen molar-refractivity contribution in [1.82, 2.24) is 9.88 Å². The van der Waals surface area contributed by atoms with E-state index in [0.29, 0.717) is 28.7 Å². The zero-order valence-electron chi connectivity index (χ0n) is 9.82. The fourth-order valence-electron chi connectivity index (χ4n) is 1.92. The van der Waals surface area contributed by atoms with Gasteiger partial charge >= 0.3 is 0 Å². The van der Waals surface area contributed by atoms with Crippen LogP contribution in [0.25, 0.3) is 0 Å². The number of likely N-dealkylation sites (tertiary alicyclic amines) is 1. The lowest BCUT2D eigenvalue weighted by atomic mass is 9.98. The summed E-state index contributed by atoms with van der Waals surface area (Å²) in [7, 11) is 0. The number of rotatable bonds is 2. The molecule has 0 spiro atoms. The van der Waals surface area contributed by atoms with Gasteiger partial charge in [-0.15, -0.1) is 0 Å². The van der Waals surface area contributed by atoms with Crippen LogP contribution < -0.4 is 0 Å². The summed E-state index contributed by atoms with van der Waals surface area (Å²) in [6.07, 6.45) is 0.758. The van der Waals surface area contributed by atoms with Gasteiger partial charge in [0, 0.05) is 12.8 Å². The fraction of sp³-hybridized carbons (Fsp3) is 0.417. The van der Waals surface area contributed by atoms with Crippen LogP contribution in [0, 0.1) is 5.92 Å². The van der Waals surface area contributed by atoms with Crippen LogP contribution >= 0.6 is 23.2 Å². The maximum atomic E-state index is 11.8. The van der Waals surface area contributed by atoms with Crippen LogP contribution in [0.2, 0.25) is 10.2 Å². The minimum absolute atomic E-state index is 0.0871. The van der Waals surface area contributed by atoms with Gasteiger partial charge in [0.25, 0.3) is 0 Å². The molecule has 0 bridgehead atoms. The molecule has 0 unspecified atom stereocenters. The van der Waals surface area contributed by atoms with Gasteiger partial charge < -0.3 is 0 Å². The molecule has 0 atom stereocenters. The summed E-state index contributed by atoms with van der Waals surface area (Å²) in [6.45, 7) is 1.97. The molecule has 18 heavy (non-hydrogen) atoms. The van der Waals surface area contributed by atoms with Crippen LogP contribution in [-0.2, 0) is 16.1 Å². The van der Waals surface area contributed by atoms with Crippen molar-refractivity contribution < 1.29 is 9.59 Å². The summed E-state index contributed by atoms with van der Waals surface area (Å²) in [5, 5.41) is 0.693. The van der Waals surface area contributed by atoms with Gasteiger partial charge in [0.15, 0.2) is 0 Å². The predicted octanol–water partition coefficient (Wildman–Crippen LogP) is 2.67. The Morgan fingerprint density at radius 1 is 1.28 bits per heavy atom. The molecule has 1 aromatic heterocycles. The molecule has 96 valence electrons. The largest absolute Gasteiger partial charge is 0.276 e. The first kappa shape index (κ1) is 13.3. The minimum atomic E-state index is -0.184. The van der Waals surface area contributed by atoms with E-state index >= 15 is 0 Å². The first-order valence-corrected chi connectivity index (χ1v) is 6.37. The Kier molecular flexibility index (Phi) is 3.88. The Bertz CT molecular complexity index is 487. The third-order valence-corrected chi connectivity index (χ3v) is 3.40.